The van der Waals surface area contributed by atoms with Gasteiger partial charge in [0.2, 0.25) is 0 Å². The Hall–Kier alpha value is -0.900. The molecule has 1 aliphatic heterocycles. The van der Waals surface area contributed by atoms with Crippen molar-refractivity contribution in [3.63, 3.8) is 0 Å². The first-order valence-corrected chi connectivity index (χ1v) is 9.04. The van der Waals surface area contributed by atoms with E-state index in [1.807, 2.05) is 11.3 Å². The maximum atomic E-state index is 5.95. The van der Waals surface area contributed by atoms with Gasteiger partial charge in [-0.15, -0.1) is 11.3 Å². The van der Waals surface area contributed by atoms with Crippen LogP contribution in [0.25, 0.3) is 10.1 Å². The Kier molecular flexibility index (Phi) is 4.94. The Labute approximate surface area is 131 Å². The van der Waals surface area contributed by atoms with E-state index in [0.717, 1.165) is 19.6 Å². The van der Waals surface area contributed by atoms with E-state index in [4.69, 9.17) is 4.74 Å². The fourth-order valence-electron chi connectivity index (χ4n) is 3.52. The summed E-state index contributed by atoms with van der Waals surface area (Å²) in [6.45, 7) is 6.46. The lowest BCUT2D eigenvalue weighted by Gasteiger charge is -2.29. The molecule has 1 aromatic heterocycles. The lowest BCUT2D eigenvalue weighted by atomic mass is 9.86. The molecule has 2 heterocycles. The summed E-state index contributed by atoms with van der Waals surface area (Å²) < 4.78 is 7.39. The van der Waals surface area contributed by atoms with E-state index in [2.05, 4.69) is 48.8 Å². The first-order valence-electron chi connectivity index (χ1n) is 8.16. The molecule has 3 unspecified atom stereocenters. The highest BCUT2D eigenvalue weighted by atomic mass is 32.1. The van der Waals surface area contributed by atoms with E-state index in [9.17, 15) is 0 Å². The number of thiophene rings is 1. The highest BCUT2D eigenvalue weighted by Gasteiger charge is 2.34. The molecular weight excluding hydrogens is 278 g/mol. The van der Waals surface area contributed by atoms with Crippen LogP contribution in [-0.2, 0) is 4.74 Å². The zero-order valence-corrected chi connectivity index (χ0v) is 13.8. The summed E-state index contributed by atoms with van der Waals surface area (Å²) in [7, 11) is 0. The van der Waals surface area contributed by atoms with Gasteiger partial charge in [0.05, 0.1) is 6.10 Å². The predicted octanol–water partition coefficient (Wildman–Crippen LogP) is 4.76. The second kappa shape index (κ2) is 6.91. The maximum Gasteiger partial charge on any atom is 0.0619 e. The Morgan fingerprint density at radius 3 is 3.05 bits per heavy atom. The van der Waals surface area contributed by atoms with Crippen molar-refractivity contribution in [3.8, 4) is 0 Å². The summed E-state index contributed by atoms with van der Waals surface area (Å²) in [4.78, 5) is 0. The molecule has 0 amide bonds. The maximum absolute atomic E-state index is 5.95. The van der Waals surface area contributed by atoms with Gasteiger partial charge in [0.1, 0.15) is 0 Å². The molecule has 3 rings (SSSR count). The zero-order valence-electron chi connectivity index (χ0n) is 13.0. The standard InChI is InChI=1S/C18H25NOS/c1-3-10-19-17(14-8-11-20-16(14)4-2)15-7-5-6-13-9-12-21-18(13)15/h5-7,9,12,14,16-17,19H,3-4,8,10-11H2,1-2H3. The molecule has 0 spiro atoms. The summed E-state index contributed by atoms with van der Waals surface area (Å²) in [5.74, 6) is 0.592. The summed E-state index contributed by atoms with van der Waals surface area (Å²) >= 11 is 1.86. The Balaban J connectivity index is 1.96. The minimum Gasteiger partial charge on any atom is -0.378 e. The van der Waals surface area contributed by atoms with Crippen molar-refractivity contribution < 1.29 is 4.74 Å². The molecule has 0 radical (unpaired) electrons. The van der Waals surface area contributed by atoms with Crippen molar-refractivity contribution in [2.45, 2.75) is 45.3 Å². The third kappa shape index (κ3) is 3.01. The quantitative estimate of drug-likeness (QED) is 0.831. The molecule has 1 aromatic carbocycles. The van der Waals surface area contributed by atoms with Gasteiger partial charge in [-0.1, -0.05) is 32.0 Å². The number of nitrogens with one attached hydrogen (secondary N) is 1. The van der Waals surface area contributed by atoms with Crippen molar-refractivity contribution in [1.82, 2.24) is 5.32 Å². The molecule has 114 valence electrons. The molecule has 1 N–H and O–H groups in total. The number of ether oxygens (including phenoxy) is 1. The second-order valence-corrected chi connectivity index (χ2v) is 6.80. The number of hydrogen-bond acceptors (Lipinski definition) is 3. The summed E-state index contributed by atoms with van der Waals surface area (Å²) in [5, 5.41) is 7.37. The minimum atomic E-state index is 0.398. The van der Waals surface area contributed by atoms with E-state index < -0.39 is 0 Å². The highest BCUT2D eigenvalue weighted by Crippen LogP contribution is 2.39. The van der Waals surface area contributed by atoms with E-state index >= 15 is 0 Å². The van der Waals surface area contributed by atoms with Gasteiger partial charge >= 0.3 is 0 Å². The molecule has 0 saturated carbocycles. The molecule has 3 heteroatoms. The molecule has 0 aliphatic carbocycles. The molecule has 1 saturated heterocycles. The van der Waals surface area contributed by atoms with E-state index in [-0.39, 0.29) is 0 Å². The molecule has 21 heavy (non-hydrogen) atoms. The van der Waals surface area contributed by atoms with Crippen LogP contribution in [0.5, 0.6) is 0 Å². The predicted molar refractivity (Wildman–Crippen MR) is 91.0 cm³/mol. The van der Waals surface area contributed by atoms with Crippen LogP contribution >= 0.6 is 11.3 Å². The van der Waals surface area contributed by atoms with Crippen LogP contribution < -0.4 is 5.32 Å². The van der Waals surface area contributed by atoms with Gasteiger partial charge in [0, 0.05) is 23.3 Å². The van der Waals surface area contributed by atoms with Gasteiger partial charge in [-0.2, -0.15) is 0 Å². The summed E-state index contributed by atoms with van der Waals surface area (Å²) in [6, 6.07) is 9.36. The van der Waals surface area contributed by atoms with Crippen LogP contribution in [0.1, 0.15) is 44.7 Å². The van der Waals surface area contributed by atoms with Gasteiger partial charge < -0.3 is 10.1 Å². The second-order valence-electron chi connectivity index (χ2n) is 5.89. The van der Waals surface area contributed by atoms with Crippen molar-refractivity contribution in [2.75, 3.05) is 13.2 Å². The summed E-state index contributed by atoms with van der Waals surface area (Å²) in [6.07, 6.45) is 3.84. The fraction of sp³-hybridized carbons (Fsp3) is 0.556. The Morgan fingerprint density at radius 1 is 1.33 bits per heavy atom. The van der Waals surface area contributed by atoms with Crippen LogP contribution in [0.4, 0.5) is 0 Å². The van der Waals surface area contributed by atoms with Gasteiger partial charge in [-0.25, -0.2) is 0 Å². The largest absolute Gasteiger partial charge is 0.378 e. The molecule has 1 fully saturated rings. The van der Waals surface area contributed by atoms with Crippen molar-refractivity contribution in [3.05, 3.63) is 35.2 Å². The third-order valence-electron chi connectivity index (χ3n) is 4.55. The third-order valence-corrected chi connectivity index (χ3v) is 5.53. The molecule has 3 atom stereocenters. The van der Waals surface area contributed by atoms with Crippen LogP contribution in [-0.4, -0.2) is 19.3 Å². The van der Waals surface area contributed by atoms with E-state index in [1.165, 1.54) is 28.5 Å². The number of hydrogen-bond donors (Lipinski definition) is 1. The van der Waals surface area contributed by atoms with Gasteiger partial charge in [-0.05, 0) is 48.2 Å². The smallest absolute Gasteiger partial charge is 0.0619 e. The molecule has 0 bridgehead atoms. The SMILES string of the molecule is CCCNC(c1cccc2ccsc12)C1CCOC1CC. The van der Waals surface area contributed by atoms with Crippen LogP contribution in [0, 0.1) is 5.92 Å². The first kappa shape index (κ1) is 15.0. The zero-order chi connectivity index (χ0) is 14.7. The first-order chi connectivity index (χ1) is 10.3. The average molecular weight is 303 g/mol. The van der Waals surface area contributed by atoms with Crippen LogP contribution in [0.2, 0.25) is 0 Å². The fourth-order valence-corrected chi connectivity index (χ4v) is 4.47. The minimum absolute atomic E-state index is 0.398. The molecule has 2 nitrogen and oxygen atoms in total. The average Bonchev–Trinajstić information content (AvgIpc) is 3.16. The van der Waals surface area contributed by atoms with Crippen molar-refractivity contribution in [1.29, 1.82) is 0 Å². The van der Waals surface area contributed by atoms with Gasteiger partial charge in [0.15, 0.2) is 0 Å². The summed E-state index contributed by atoms with van der Waals surface area (Å²) in [5.41, 5.74) is 1.46. The van der Waals surface area contributed by atoms with Gasteiger partial charge in [-0.3, -0.25) is 0 Å². The Morgan fingerprint density at radius 2 is 2.24 bits per heavy atom. The van der Waals surface area contributed by atoms with Crippen LogP contribution in [0.15, 0.2) is 29.6 Å². The lowest BCUT2D eigenvalue weighted by molar-refractivity contribution is 0.0775. The topological polar surface area (TPSA) is 21.3 Å². The lowest BCUT2D eigenvalue weighted by Crippen LogP contribution is -2.33. The van der Waals surface area contributed by atoms with Crippen molar-refractivity contribution >= 4 is 21.4 Å². The highest BCUT2D eigenvalue weighted by molar-refractivity contribution is 7.17. The number of benzene rings is 1. The van der Waals surface area contributed by atoms with E-state index in [0.29, 0.717) is 18.1 Å². The monoisotopic (exact) mass is 303 g/mol. The van der Waals surface area contributed by atoms with Crippen LogP contribution in [0.3, 0.4) is 0 Å². The van der Waals surface area contributed by atoms with Crippen molar-refractivity contribution in [2.24, 2.45) is 5.92 Å². The number of rotatable bonds is 6. The molecule has 1 aliphatic rings. The molecular formula is C18H25NOS. The van der Waals surface area contributed by atoms with E-state index in [1.54, 1.807) is 0 Å². The number of fused-ring (bicyclic) bond motifs is 1. The normalized spacial score (nSPS) is 23.7. The molecule has 2 aromatic rings. The van der Waals surface area contributed by atoms with Gasteiger partial charge in [0.25, 0.3) is 0 Å². The Bertz CT molecular complexity index is 579.